The molecule has 2 aromatic carbocycles. The second-order valence-corrected chi connectivity index (χ2v) is 6.62. The molecule has 0 amide bonds. The van der Waals surface area contributed by atoms with Crippen molar-refractivity contribution in [2.45, 2.75) is 19.5 Å². The highest BCUT2D eigenvalue weighted by atomic mass is 79.9. The predicted octanol–water partition coefficient (Wildman–Crippen LogP) is 4.54. The lowest BCUT2D eigenvalue weighted by Gasteiger charge is -2.27. The number of aryl methyl sites for hydroxylation is 1. The number of nitrogens with two attached hydrogens (primary N) is 1. The number of halogens is 2. The van der Waals surface area contributed by atoms with Gasteiger partial charge in [0.25, 0.3) is 0 Å². The van der Waals surface area contributed by atoms with E-state index in [1.807, 2.05) is 19.1 Å². The molecule has 0 aliphatic heterocycles. The molecule has 0 fully saturated rings. The van der Waals surface area contributed by atoms with Gasteiger partial charge in [0.1, 0.15) is 0 Å². The highest BCUT2D eigenvalue weighted by Gasteiger charge is 2.16. The fraction of sp³-hybridized carbons (Fsp3) is 0.294. The third-order valence-corrected chi connectivity index (χ3v) is 4.62. The zero-order valence-electron chi connectivity index (χ0n) is 12.3. The fourth-order valence-electron chi connectivity index (χ4n) is 2.37. The van der Waals surface area contributed by atoms with E-state index in [1.54, 1.807) is 0 Å². The quantitative estimate of drug-likeness (QED) is 0.840. The van der Waals surface area contributed by atoms with Gasteiger partial charge in [0.15, 0.2) is 0 Å². The van der Waals surface area contributed by atoms with Crippen LogP contribution in [0, 0.1) is 6.92 Å². The Morgan fingerprint density at radius 1 is 1.19 bits per heavy atom. The van der Waals surface area contributed by atoms with Gasteiger partial charge in [-0.1, -0.05) is 51.8 Å². The molecule has 0 aromatic heterocycles. The third-order valence-electron chi connectivity index (χ3n) is 3.68. The van der Waals surface area contributed by atoms with Gasteiger partial charge in [-0.15, -0.1) is 0 Å². The Morgan fingerprint density at radius 2 is 1.86 bits per heavy atom. The highest BCUT2D eigenvalue weighted by Crippen LogP contribution is 2.25. The van der Waals surface area contributed by atoms with E-state index in [1.165, 1.54) is 5.56 Å². The Bertz CT molecular complexity index is 598. The zero-order valence-corrected chi connectivity index (χ0v) is 14.7. The van der Waals surface area contributed by atoms with Crippen LogP contribution in [-0.2, 0) is 6.54 Å². The molecule has 112 valence electrons. The molecule has 0 radical (unpaired) electrons. The Labute approximate surface area is 140 Å². The molecule has 0 spiro atoms. The summed E-state index contributed by atoms with van der Waals surface area (Å²) in [4.78, 5) is 2.25. The molecule has 0 aliphatic rings. The first kappa shape index (κ1) is 16.5. The minimum absolute atomic E-state index is 0.159. The number of rotatable bonds is 5. The summed E-state index contributed by atoms with van der Waals surface area (Å²) < 4.78 is 1.09. The zero-order chi connectivity index (χ0) is 15.4. The van der Waals surface area contributed by atoms with E-state index in [9.17, 15) is 0 Å². The van der Waals surface area contributed by atoms with Gasteiger partial charge in [0, 0.05) is 28.6 Å². The number of nitrogens with zero attached hydrogens (tertiary/aromatic N) is 1. The Hall–Kier alpha value is -0.870. The lowest BCUT2D eigenvalue weighted by Crippen LogP contribution is -2.30. The lowest BCUT2D eigenvalue weighted by molar-refractivity contribution is 0.242. The smallest absolute Gasteiger partial charge is 0.0471 e. The fourth-order valence-corrected chi connectivity index (χ4v) is 2.83. The lowest BCUT2D eigenvalue weighted by atomic mass is 10.0. The van der Waals surface area contributed by atoms with Gasteiger partial charge < -0.3 is 5.73 Å². The monoisotopic (exact) mass is 366 g/mol. The minimum atomic E-state index is 0.159. The molecule has 0 saturated heterocycles. The first-order valence-electron chi connectivity index (χ1n) is 6.92. The van der Waals surface area contributed by atoms with Crippen molar-refractivity contribution in [1.82, 2.24) is 4.90 Å². The van der Waals surface area contributed by atoms with Crippen LogP contribution >= 0.6 is 27.5 Å². The molecule has 1 unspecified atom stereocenters. The molecule has 0 saturated carbocycles. The summed E-state index contributed by atoms with van der Waals surface area (Å²) in [6.07, 6.45) is 0. The Balaban J connectivity index is 2.15. The Morgan fingerprint density at radius 3 is 2.43 bits per heavy atom. The number of likely N-dealkylation sites (N-methyl/N-ethyl adjacent to an activating group) is 1. The van der Waals surface area contributed by atoms with Crippen LogP contribution in [0.1, 0.15) is 22.7 Å². The molecule has 2 rings (SSSR count). The van der Waals surface area contributed by atoms with Crippen molar-refractivity contribution in [1.29, 1.82) is 0 Å². The number of benzene rings is 2. The van der Waals surface area contributed by atoms with Crippen molar-refractivity contribution in [3.8, 4) is 0 Å². The molecular weight excluding hydrogens is 348 g/mol. The summed E-state index contributed by atoms with van der Waals surface area (Å²) in [6, 6.07) is 14.7. The Kier molecular flexibility index (Phi) is 5.82. The molecule has 0 bridgehead atoms. The maximum absolute atomic E-state index is 6.23. The van der Waals surface area contributed by atoms with Gasteiger partial charge in [-0.25, -0.2) is 0 Å². The first-order valence-corrected chi connectivity index (χ1v) is 8.09. The van der Waals surface area contributed by atoms with Crippen molar-refractivity contribution in [3.05, 3.63) is 68.7 Å². The normalized spacial score (nSPS) is 12.7. The highest BCUT2D eigenvalue weighted by molar-refractivity contribution is 9.10. The van der Waals surface area contributed by atoms with E-state index in [-0.39, 0.29) is 6.04 Å². The molecule has 21 heavy (non-hydrogen) atoms. The molecule has 4 heteroatoms. The molecule has 0 aliphatic carbocycles. The molecule has 2 N–H and O–H groups in total. The summed E-state index contributed by atoms with van der Waals surface area (Å²) in [5.74, 6) is 0. The van der Waals surface area contributed by atoms with Crippen LogP contribution in [0.15, 0.2) is 46.9 Å². The standard InChI is InChI=1S/C17H20BrClN2/c1-12-3-6-14(9-16(12)19)17(10-20)21(2)11-13-4-7-15(18)8-5-13/h3-9,17H,10-11,20H2,1-2H3. The van der Waals surface area contributed by atoms with Gasteiger partial charge >= 0.3 is 0 Å². The second-order valence-electron chi connectivity index (χ2n) is 5.30. The number of hydrogen-bond acceptors (Lipinski definition) is 2. The maximum Gasteiger partial charge on any atom is 0.0471 e. The third kappa shape index (κ3) is 4.30. The number of hydrogen-bond donors (Lipinski definition) is 1. The average molecular weight is 368 g/mol. The van der Waals surface area contributed by atoms with Crippen molar-refractivity contribution in [3.63, 3.8) is 0 Å². The van der Waals surface area contributed by atoms with E-state index in [4.69, 9.17) is 17.3 Å². The average Bonchev–Trinajstić information content (AvgIpc) is 2.46. The van der Waals surface area contributed by atoms with Crippen LogP contribution in [0.25, 0.3) is 0 Å². The van der Waals surface area contributed by atoms with Crippen molar-refractivity contribution < 1.29 is 0 Å². The van der Waals surface area contributed by atoms with Crippen LogP contribution in [0.5, 0.6) is 0 Å². The van der Waals surface area contributed by atoms with Gasteiger partial charge in [-0.3, -0.25) is 4.90 Å². The minimum Gasteiger partial charge on any atom is -0.329 e. The molecule has 2 aromatic rings. The predicted molar refractivity (Wildman–Crippen MR) is 93.6 cm³/mol. The largest absolute Gasteiger partial charge is 0.329 e. The van der Waals surface area contributed by atoms with Gasteiger partial charge in [-0.2, -0.15) is 0 Å². The first-order chi connectivity index (χ1) is 10.0. The topological polar surface area (TPSA) is 29.3 Å². The molecule has 0 heterocycles. The van der Waals surface area contributed by atoms with Gasteiger partial charge in [0.05, 0.1) is 0 Å². The van der Waals surface area contributed by atoms with Crippen LogP contribution < -0.4 is 5.73 Å². The van der Waals surface area contributed by atoms with Crippen LogP contribution in [0.2, 0.25) is 5.02 Å². The summed E-state index contributed by atoms with van der Waals surface area (Å²) in [5.41, 5.74) is 9.49. The van der Waals surface area contributed by atoms with Crippen molar-refractivity contribution >= 4 is 27.5 Å². The van der Waals surface area contributed by atoms with Crippen LogP contribution in [0.4, 0.5) is 0 Å². The SMILES string of the molecule is Cc1ccc(C(CN)N(C)Cc2ccc(Br)cc2)cc1Cl. The van der Waals surface area contributed by atoms with Crippen molar-refractivity contribution in [2.24, 2.45) is 5.73 Å². The van der Waals surface area contributed by atoms with Crippen LogP contribution in [-0.4, -0.2) is 18.5 Å². The maximum atomic E-state index is 6.23. The summed E-state index contributed by atoms with van der Waals surface area (Å²) >= 11 is 9.69. The van der Waals surface area contributed by atoms with E-state index in [0.29, 0.717) is 6.54 Å². The van der Waals surface area contributed by atoms with E-state index >= 15 is 0 Å². The molecule has 1 atom stereocenters. The van der Waals surface area contributed by atoms with Gasteiger partial charge in [-0.05, 0) is 48.9 Å². The summed E-state index contributed by atoms with van der Waals surface area (Å²) in [6.45, 7) is 3.42. The van der Waals surface area contributed by atoms with E-state index in [2.05, 4.69) is 58.2 Å². The summed E-state index contributed by atoms with van der Waals surface area (Å²) in [7, 11) is 2.09. The molecular formula is C17H20BrClN2. The molecule has 2 nitrogen and oxygen atoms in total. The van der Waals surface area contributed by atoms with Gasteiger partial charge in [0.2, 0.25) is 0 Å². The van der Waals surface area contributed by atoms with E-state index < -0.39 is 0 Å². The summed E-state index contributed by atoms with van der Waals surface area (Å²) in [5, 5.41) is 0.794. The van der Waals surface area contributed by atoms with Crippen LogP contribution in [0.3, 0.4) is 0 Å². The second kappa shape index (κ2) is 7.41. The van der Waals surface area contributed by atoms with Crippen molar-refractivity contribution in [2.75, 3.05) is 13.6 Å². The van der Waals surface area contributed by atoms with E-state index in [0.717, 1.165) is 27.2 Å².